The van der Waals surface area contributed by atoms with Crippen LogP contribution in [0.2, 0.25) is 0 Å². The summed E-state index contributed by atoms with van der Waals surface area (Å²) in [7, 11) is -2.32. The summed E-state index contributed by atoms with van der Waals surface area (Å²) in [5.74, 6) is 0.447. The van der Waals surface area contributed by atoms with Gasteiger partial charge in [-0.2, -0.15) is 0 Å². The van der Waals surface area contributed by atoms with Crippen LogP contribution in [0.25, 0.3) is 0 Å². The Hall–Kier alpha value is -2.36. The summed E-state index contributed by atoms with van der Waals surface area (Å²) in [4.78, 5) is 0.162. The quantitative estimate of drug-likeness (QED) is 0.575. The van der Waals surface area contributed by atoms with Gasteiger partial charge < -0.3 is 20.1 Å². The minimum Gasteiger partial charge on any atom is -0.495 e. The van der Waals surface area contributed by atoms with E-state index >= 15 is 0 Å². The maximum atomic E-state index is 13.0. The Morgan fingerprint density at radius 2 is 2.07 bits per heavy atom. The molecule has 0 bridgehead atoms. The predicted molar refractivity (Wildman–Crippen MR) is 118 cm³/mol. The molecule has 0 amide bonds. The number of sulfonamides is 1. The first kappa shape index (κ1) is 21.4. The molecular weight excluding hydrogens is 410 g/mol. The maximum Gasteiger partial charge on any atom is 0.262 e. The molecule has 1 heterocycles. The molecule has 2 aromatic carbocycles. The number of methoxy groups -OCH3 is 1. The third-order valence-corrected chi connectivity index (χ3v) is 6.36. The van der Waals surface area contributed by atoms with Crippen LogP contribution in [0, 0.1) is 6.92 Å². The zero-order valence-electron chi connectivity index (χ0n) is 16.4. The Morgan fingerprint density at radius 1 is 1.28 bits per heavy atom. The van der Waals surface area contributed by atoms with Gasteiger partial charge in [-0.05, 0) is 61.8 Å². The van der Waals surface area contributed by atoms with Gasteiger partial charge >= 0.3 is 0 Å². The fourth-order valence-corrected chi connectivity index (χ4v) is 4.63. The van der Waals surface area contributed by atoms with Gasteiger partial charge in [0.25, 0.3) is 10.0 Å². The molecule has 0 radical (unpaired) electrons. The molecule has 0 saturated carbocycles. The van der Waals surface area contributed by atoms with E-state index in [4.69, 9.17) is 21.7 Å². The van der Waals surface area contributed by atoms with Gasteiger partial charge in [0.15, 0.2) is 5.11 Å². The van der Waals surface area contributed by atoms with Crippen molar-refractivity contribution < 1.29 is 17.9 Å². The lowest BCUT2D eigenvalue weighted by atomic mass is 10.2. The van der Waals surface area contributed by atoms with Crippen LogP contribution >= 0.6 is 12.2 Å². The molecular formula is C20H25N3O4S2. The largest absolute Gasteiger partial charge is 0.495 e. The second-order valence-corrected chi connectivity index (χ2v) is 8.82. The Kier molecular flexibility index (Phi) is 6.94. The lowest BCUT2D eigenvalue weighted by Crippen LogP contribution is -2.34. The van der Waals surface area contributed by atoms with Crippen molar-refractivity contribution in [3.05, 3.63) is 48.0 Å². The molecule has 9 heteroatoms. The van der Waals surface area contributed by atoms with E-state index in [1.165, 1.54) is 7.11 Å². The highest BCUT2D eigenvalue weighted by Crippen LogP contribution is 2.28. The Balaban J connectivity index is 1.72. The number of benzene rings is 2. The molecule has 3 rings (SSSR count). The van der Waals surface area contributed by atoms with E-state index in [9.17, 15) is 8.42 Å². The highest BCUT2D eigenvalue weighted by Gasteiger charge is 2.20. The monoisotopic (exact) mass is 435 g/mol. The molecule has 1 fully saturated rings. The van der Waals surface area contributed by atoms with Crippen molar-refractivity contribution in [3.8, 4) is 5.75 Å². The molecule has 2 aromatic rings. The Morgan fingerprint density at radius 3 is 2.79 bits per heavy atom. The topological polar surface area (TPSA) is 88.7 Å². The molecule has 7 nitrogen and oxygen atoms in total. The minimum atomic E-state index is -3.81. The van der Waals surface area contributed by atoms with E-state index < -0.39 is 10.0 Å². The van der Waals surface area contributed by atoms with Gasteiger partial charge in [0.05, 0.1) is 23.8 Å². The number of ether oxygens (including phenoxy) is 2. The molecule has 0 unspecified atom stereocenters. The molecule has 0 spiro atoms. The van der Waals surface area contributed by atoms with Crippen molar-refractivity contribution in [2.45, 2.75) is 30.8 Å². The zero-order chi connectivity index (χ0) is 20.9. The minimum absolute atomic E-state index is 0.161. The van der Waals surface area contributed by atoms with Gasteiger partial charge in [-0.3, -0.25) is 4.72 Å². The van der Waals surface area contributed by atoms with Crippen molar-refractivity contribution in [1.82, 2.24) is 5.32 Å². The van der Waals surface area contributed by atoms with Gasteiger partial charge in [0, 0.05) is 18.8 Å². The third kappa shape index (κ3) is 5.59. The van der Waals surface area contributed by atoms with Crippen LogP contribution in [0.15, 0.2) is 47.4 Å². The number of hydrogen-bond donors (Lipinski definition) is 3. The van der Waals surface area contributed by atoms with Gasteiger partial charge in [0.1, 0.15) is 5.75 Å². The SMILES string of the molecule is COc1ccccc1NS(=O)(=O)c1cc(NC(=S)NC[C@@H]2CCCO2)ccc1C. The van der Waals surface area contributed by atoms with Gasteiger partial charge in [-0.25, -0.2) is 8.42 Å². The summed E-state index contributed by atoms with van der Waals surface area (Å²) in [5, 5.41) is 6.58. The van der Waals surface area contributed by atoms with E-state index in [0.29, 0.717) is 34.3 Å². The van der Waals surface area contributed by atoms with Crippen molar-refractivity contribution in [2.75, 3.05) is 30.3 Å². The van der Waals surface area contributed by atoms with Crippen LogP contribution in [-0.2, 0) is 14.8 Å². The normalized spacial score (nSPS) is 16.3. The summed E-state index contributed by atoms with van der Waals surface area (Å²) in [6.07, 6.45) is 2.23. The van der Waals surface area contributed by atoms with Crippen molar-refractivity contribution in [2.24, 2.45) is 0 Å². The van der Waals surface area contributed by atoms with Gasteiger partial charge in [-0.1, -0.05) is 18.2 Å². The van der Waals surface area contributed by atoms with Crippen LogP contribution in [0.5, 0.6) is 5.75 Å². The van der Waals surface area contributed by atoms with E-state index in [0.717, 1.165) is 19.4 Å². The number of rotatable bonds is 7. The van der Waals surface area contributed by atoms with E-state index in [-0.39, 0.29) is 11.0 Å². The average Bonchev–Trinajstić information content (AvgIpc) is 3.21. The van der Waals surface area contributed by atoms with E-state index in [1.54, 1.807) is 49.4 Å². The molecule has 3 N–H and O–H groups in total. The zero-order valence-corrected chi connectivity index (χ0v) is 18.0. The van der Waals surface area contributed by atoms with Crippen LogP contribution in [-0.4, -0.2) is 39.9 Å². The fraction of sp³-hybridized carbons (Fsp3) is 0.350. The highest BCUT2D eigenvalue weighted by atomic mass is 32.2. The van der Waals surface area contributed by atoms with E-state index in [2.05, 4.69) is 15.4 Å². The molecule has 1 atom stereocenters. The molecule has 0 aromatic heterocycles. The fourth-order valence-electron chi connectivity index (χ4n) is 3.08. The summed E-state index contributed by atoms with van der Waals surface area (Å²) >= 11 is 5.32. The molecule has 0 aliphatic carbocycles. The molecule has 1 aliphatic rings. The number of nitrogens with one attached hydrogen (secondary N) is 3. The lowest BCUT2D eigenvalue weighted by molar-refractivity contribution is 0.114. The first-order valence-corrected chi connectivity index (χ1v) is 11.2. The second kappa shape index (κ2) is 9.43. The van der Waals surface area contributed by atoms with Crippen LogP contribution in [0.3, 0.4) is 0 Å². The van der Waals surface area contributed by atoms with Crippen molar-refractivity contribution in [1.29, 1.82) is 0 Å². The first-order chi connectivity index (χ1) is 13.9. The maximum absolute atomic E-state index is 13.0. The number of anilines is 2. The summed E-state index contributed by atoms with van der Waals surface area (Å²) in [6.45, 7) is 3.15. The van der Waals surface area contributed by atoms with Crippen molar-refractivity contribution in [3.63, 3.8) is 0 Å². The van der Waals surface area contributed by atoms with E-state index in [1.807, 2.05) is 0 Å². The standard InChI is InChI=1S/C20H25N3O4S2/c1-14-9-10-15(22-20(28)21-13-16-6-5-11-27-16)12-19(14)29(24,25)23-17-7-3-4-8-18(17)26-2/h3-4,7-10,12,16,23H,5-6,11,13H2,1-2H3,(H2,21,22,28)/t16-/m0/s1. The number of hydrogen-bond acceptors (Lipinski definition) is 5. The first-order valence-electron chi connectivity index (χ1n) is 9.32. The molecule has 29 heavy (non-hydrogen) atoms. The van der Waals surface area contributed by atoms with Crippen LogP contribution < -0.4 is 20.1 Å². The Bertz CT molecular complexity index is 973. The number of aryl methyl sites for hydroxylation is 1. The summed E-state index contributed by atoms with van der Waals surface area (Å²) in [5.41, 5.74) is 1.58. The number of para-hydroxylation sites is 2. The van der Waals surface area contributed by atoms with Crippen LogP contribution in [0.4, 0.5) is 11.4 Å². The third-order valence-electron chi connectivity index (χ3n) is 4.60. The highest BCUT2D eigenvalue weighted by molar-refractivity contribution is 7.92. The molecule has 1 saturated heterocycles. The lowest BCUT2D eigenvalue weighted by Gasteiger charge is -2.16. The second-order valence-electron chi connectivity index (χ2n) is 6.76. The predicted octanol–water partition coefficient (Wildman–Crippen LogP) is 3.27. The Labute approximate surface area is 176 Å². The van der Waals surface area contributed by atoms with Crippen molar-refractivity contribution >= 4 is 38.7 Å². The summed E-state index contributed by atoms with van der Waals surface area (Å²) < 4.78 is 39.3. The summed E-state index contributed by atoms with van der Waals surface area (Å²) in [6, 6.07) is 12.0. The average molecular weight is 436 g/mol. The molecule has 1 aliphatic heterocycles. The van der Waals surface area contributed by atoms with Crippen LogP contribution in [0.1, 0.15) is 18.4 Å². The molecule has 156 valence electrons. The smallest absolute Gasteiger partial charge is 0.262 e. The van der Waals surface area contributed by atoms with Gasteiger partial charge in [-0.15, -0.1) is 0 Å². The van der Waals surface area contributed by atoms with Gasteiger partial charge in [0.2, 0.25) is 0 Å². The number of thiocarbonyl (C=S) groups is 1.